The van der Waals surface area contributed by atoms with E-state index in [-0.39, 0.29) is 0 Å². The molecule has 2 heterocycles. The van der Waals surface area contributed by atoms with Crippen LogP contribution in [0.4, 0.5) is 0 Å². The average Bonchev–Trinajstić information content (AvgIpc) is 3.15. The Balaban J connectivity index is 1.20. The lowest BCUT2D eigenvalue weighted by Gasteiger charge is -2.22. The van der Waals surface area contributed by atoms with Gasteiger partial charge in [0.2, 0.25) is 0 Å². The third-order valence-electron chi connectivity index (χ3n) is 4.22. The molecule has 0 aliphatic carbocycles. The Labute approximate surface area is 152 Å². The van der Waals surface area contributed by atoms with Crippen molar-refractivity contribution >= 4 is 6.08 Å². The molecule has 0 spiro atoms. The Hall–Kier alpha value is -3.21. The minimum absolute atomic E-state index is 0.680. The second-order valence-corrected chi connectivity index (χ2v) is 6.14. The van der Waals surface area contributed by atoms with Gasteiger partial charge in [0, 0.05) is 12.7 Å². The van der Waals surface area contributed by atoms with Gasteiger partial charge in [-0.3, -0.25) is 0 Å². The van der Waals surface area contributed by atoms with E-state index in [1.54, 1.807) is 6.33 Å². The zero-order valence-corrected chi connectivity index (χ0v) is 14.5. The predicted molar refractivity (Wildman–Crippen MR) is 101 cm³/mol. The van der Waals surface area contributed by atoms with Gasteiger partial charge in [-0.05, 0) is 48.9 Å². The summed E-state index contributed by atoms with van der Waals surface area (Å²) >= 11 is 0. The normalized spacial score (nSPS) is 12.7. The predicted octanol–water partition coefficient (Wildman–Crippen LogP) is 4.46. The topological polar surface area (TPSA) is 50.4 Å². The van der Waals surface area contributed by atoms with Gasteiger partial charge in [0.05, 0.1) is 30.9 Å². The van der Waals surface area contributed by atoms with E-state index in [0.717, 1.165) is 42.5 Å². The van der Waals surface area contributed by atoms with Gasteiger partial charge in [-0.25, -0.2) is 4.98 Å². The van der Waals surface area contributed by atoms with Crippen molar-refractivity contribution in [2.45, 2.75) is 13.0 Å². The molecule has 0 amide bonds. The number of hydrogen-bond acceptors (Lipinski definition) is 4. The second-order valence-electron chi connectivity index (χ2n) is 6.14. The molecule has 0 saturated heterocycles. The number of nitrogens with zero attached hydrogens (tertiary/aromatic N) is 2. The van der Waals surface area contributed by atoms with Crippen molar-refractivity contribution in [3.8, 4) is 17.2 Å². The summed E-state index contributed by atoms with van der Waals surface area (Å²) in [6, 6.07) is 17.5. The van der Waals surface area contributed by atoms with Crippen LogP contribution in [0.5, 0.6) is 17.2 Å². The van der Waals surface area contributed by atoms with E-state index >= 15 is 0 Å². The third-order valence-corrected chi connectivity index (χ3v) is 4.22. The number of nitrogens with one attached hydrogen (secondary N) is 1. The number of aromatic nitrogens is 2. The molecule has 0 bridgehead atoms. The summed E-state index contributed by atoms with van der Waals surface area (Å²) in [6.07, 6.45) is 6.84. The van der Waals surface area contributed by atoms with E-state index in [4.69, 9.17) is 9.47 Å². The van der Waals surface area contributed by atoms with E-state index in [0.29, 0.717) is 6.61 Å². The van der Waals surface area contributed by atoms with Crippen molar-refractivity contribution in [1.82, 2.24) is 14.9 Å². The highest BCUT2D eigenvalue weighted by Crippen LogP contribution is 2.23. The van der Waals surface area contributed by atoms with Crippen LogP contribution in [0.25, 0.3) is 6.08 Å². The van der Waals surface area contributed by atoms with E-state index in [2.05, 4.69) is 21.1 Å². The third kappa shape index (κ3) is 4.06. The smallest absolute Gasteiger partial charge is 0.127 e. The molecule has 1 aliphatic heterocycles. The van der Waals surface area contributed by atoms with Crippen molar-refractivity contribution < 1.29 is 9.47 Å². The molecule has 1 aliphatic rings. The van der Waals surface area contributed by atoms with Crippen molar-refractivity contribution in [2.24, 2.45) is 0 Å². The van der Waals surface area contributed by atoms with Crippen molar-refractivity contribution in [2.75, 3.05) is 13.2 Å². The van der Waals surface area contributed by atoms with Crippen molar-refractivity contribution in [1.29, 1.82) is 0 Å². The van der Waals surface area contributed by atoms with Gasteiger partial charge in [-0.1, -0.05) is 18.2 Å². The maximum Gasteiger partial charge on any atom is 0.127 e. The zero-order valence-electron chi connectivity index (χ0n) is 14.5. The number of H-pyrrole nitrogens is 1. The zero-order chi connectivity index (χ0) is 17.6. The maximum atomic E-state index is 5.83. The van der Waals surface area contributed by atoms with Crippen LogP contribution in [0.2, 0.25) is 0 Å². The summed E-state index contributed by atoms with van der Waals surface area (Å²) in [4.78, 5) is 9.70. The summed E-state index contributed by atoms with van der Waals surface area (Å²) in [5, 5.41) is 0. The van der Waals surface area contributed by atoms with E-state index in [9.17, 15) is 0 Å². The highest BCUT2D eigenvalue weighted by molar-refractivity contribution is 5.49. The van der Waals surface area contributed by atoms with Gasteiger partial charge in [0.25, 0.3) is 0 Å². The van der Waals surface area contributed by atoms with Crippen molar-refractivity contribution in [3.05, 3.63) is 78.5 Å². The number of rotatable bonds is 7. The fourth-order valence-corrected chi connectivity index (χ4v) is 2.87. The lowest BCUT2D eigenvalue weighted by atomic mass is 10.2. The van der Waals surface area contributed by atoms with Gasteiger partial charge < -0.3 is 19.4 Å². The Morgan fingerprint density at radius 2 is 1.73 bits per heavy atom. The minimum Gasteiger partial charge on any atom is -0.494 e. The summed E-state index contributed by atoms with van der Waals surface area (Å²) in [7, 11) is 0. The molecule has 1 aromatic heterocycles. The van der Waals surface area contributed by atoms with Crippen LogP contribution in [-0.4, -0.2) is 28.0 Å². The van der Waals surface area contributed by atoms with E-state index < -0.39 is 0 Å². The molecule has 26 heavy (non-hydrogen) atoms. The molecule has 0 unspecified atom stereocenters. The van der Waals surface area contributed by atoms with Gasteiger partial charge >= 0.3 is 0 Å². The van der Waals surface area contributed by atoms with Crippen molar-refractivity contribution in [3.63, 3.8) is 0 Å². The SMILES string of the molecule is C1=CN(CCCOc2ccc(Oc3ccccc3)cc2)Cc2[nH]cnc21. The van der Waals surface area contributed by atoms with Gasteiger partial charge in [0.15, 0.2) is 0 Å². The Morgan fingerprint density at radius 3 is 2.58 bits per heavy atom. The highest BCUT2D eigenvalue weighted by atomic mass is 16.5. The molecule has 4 rings (SSSR count). The average molecular weight is 347 g/mol. The van der Waals surface area contributed by atoms with Crippen LogP contribution in [-0.2, 0) is 6.54 Å². The Morgan fingerprint density at radius 1 is 0.962 bits per heavy atom. The molecule has 0 fully saturated rings. The number of para-hydroxylation sites is 1. The lowest BCUT2D eigenvalue weighted by molar-refractivity contribution is 0.271. The maximum absolute atomic E-state index is 5.83. The van der Waals surface area contributed by atoms with Crippen LogP contribution < -0.4 is 9.47 Å². The number of ether oxygens (including phenoxy) is 2. The first-order valence-electron chi connectivity index (χ1n) is 8.77. The number of fused-ring (bicyclic) bond motifs is 1. The number of imidazole rings is 1. The summed E-state index contributed by atoms with van der Waals surface area (Å²) in [6.45, 7) is 2.50. The van der Waals surface area contributed by atoms with Gasteiger partial charge in [-0.15, -0.1) is 0 Å². The first-order chi connectivity index (χ1) is 12.9. The standard InChI is InChI=1S/C21H21N3O2/c1-2-5-18(6-3-1)26-19-9-7-17(8-10-19)25-14-4-12-24-13-11-20-21(15-24)23-16-22-20/h1-3,5-11,13,16H,4,12,14-15H2,(H,22,23). The first-order valence-corrected chi connectivity index (χ1v) is 8.77. The molecule has 2 aromatic carbocycles. The number of aromatic amines is 1. The Kier molecular flexibility index (Phi) is 4.87. The van der Waals surface area contributed by atoms with Gasteiger partial charge in [-0.2, -0.15) is 0 Å². The molecule has 1 N–H and O–H groups in total. The minimum atomic E-state index is 0.680. The van der Waals surface area contributed by atoms with Crippen LogP contribution in [0.3, 0.4) is 0 Å². The van der Waals surface area contributed by atoms with Crippen LogP contribution in [0, 0.1) is 0 Å². The largest absolute Gasteiger partial charge is 0.494 e. The Bertz CT molecular complexity index is 856. The molecule has 3 aromatic rings. The van der Waals surface area contributed by atoms with Crippen LogP contribution in [0.1, 0.15) is 17.8 Å². The van der Waals surface area contributed by atoms with Crippen LogP contribution >= 0.6 is 0 Å². The molecule has 0 radical (unpaired) electrons. The molecule has 5 nitrogen and oxygen atoms in total. The van der Waals surface area contributed by atoms with E-state index in [1.807, 2.05) is 60.7 Å². The van der Waals surface area contributed by atoms with E-state index in [1.165, 1.54) is 5.69 Å². The molecule has 0 saturated carbocycles. The summed E-state index contributed by atoms with van der Waals surface area (Å²) in [5.74, 6) is 2.49. The number of hydrogen-bond donors (Lipinski definition) is 1. The van der Waals surface area contributed by atoms with Gasteiger partial charge in [0.1, 0.15) is 17.2 Å². The molecule has 0 atom stereocenters. The molecular formula is C21H21N3O2. The quantitative estimate of drug-likeness (QED) is 0.641. The van der Waals surface area contributed by atoms with Crippen LogP contribution in [0.15, 0.2) is 67.1 Å². The molecular weight excluding hydrogens is 326 g/mol. The summed E-state index contributed by atoms with van der Waals surface area (Å²) in [5.41, 5.74) is 2.21. The monoisotopic (exact) mass is 347 g/mol. The first kappa shape index (κ1) is 16.3. The number of benzene rings is 2. The fraction of sp³-hybridized carbons (Fsp3) is 0.190. The highest BCUT2D eigenvalue weighted by Gasteiger charge is 2.11. The molecule has 5 heteroatoms. The fourth-order valence-electron chi connectivity index (χ4n) is 2.87. The lowest BCUT2D eigenvalue weighted by Crippen LogP contribution is -2.22. The second kappa shape index (κ2) is 7.78. The molecule has 132 valence electrons. The summed E-state index contributed by atoms with van der Waals surface area (Å²) < 4.78 is 11.6.